The summed E-state index contributed by atoms with van der Waals surface area (Å²) < 4.78 is 5.13. The van der Waals surface area contributed by atoms with E-state index in [9.17, 15) is 14.4 Å². The second-order valence-corrected chi connectivity index (χ2v) is 6.95. The zero-order chi connectivity index (χ0) is 19.9. The zero-order valence-corrected chi connectivity index (χ0v) is 16.2. The van der Waals surface area contributed by atoms with E-state index in [1.807, 2.05) is 0 Å². The molecule has 1 fully saturated rings. The Labute approximate surface area is 168 Å². The van der Waals surface area contributed by atoms with Crippen LogP contribution >= 0.6 is 11.6 Å². The summed E-state index contributed by atoms with van der Waals surface area (Å²) in [7, 11) is 0. The molecule has 0 atom stereocenters. The van der Waals surface area contributed by atoms with E-state index in [0.717, 1.165) is 0 Å². The maximum Gasteiger partial charge on any atom is 0.289 e. The highest BCUT2D eigenvalue weighted by Gasteiger charge is 2.25. The number of nitrogens with one attached hydrogen (secondary N) is 1. The summed E-state index contributed by atoms with van der Waals surface area (Å²) in [4.78, 5) is 40.0. The highest BCUT2D eigenvalue weighted by atomic mass is 35.5. The molecule has 1 N–H and O–H groups in total. The van der Waals surface area contributed by atoms with Gasteiger partial charge < -0.3 is 19.5 Å². The monoisotopic (exact) mass is 403 g/mol. The molecule has 148 valence electrons. The average molecular weight is 404 g/mol. The highest BCUT2D eigenvalue weighted by Crippen LogP contribution is 2.11. The Morgan fingerprint density at radius 1 is 1.00 bits per heavy atom. The van der Waals surface area contributed by atoms with Crippen LogP contribution in [0.5, 0.6) is 0 Å². The van der Waals surface area contributed by atoms with E-state index >= 15 is 0 Å². The topological polar surface area (TPSA) is 82.9 Å². The van der Waals surface area contributed by atoms with E-state index < -0.39 is 0 Å². The van der Waals surface area contributed by atoms with E-state index in [4.69, 9.17) is 16.0 Å². The van der Waals surface area contributed by atoms with Gasteiger partial charge in [0.25, 0.3) is 11.8 Å². The molecular formula is C20H22ClN3O4. The van der Waals surface area contributed by atoms with Crippen molar-refractivity contribution < 1.29 is 18.8 Å². The van der Waals surface area contributed by atoms with Crippen molar-refractivity contribution in [2.75, 3.05) is 32.7 Å². The molecule has 2 heterocycles. The third kappa shape index (κ3) is 5.13. The molecule has 0 unspecified atom stereocenters. The van der Waals surface area contributed by atoms with Gasteiger partial charge >= 0.3 is 0 Å². The predicted molar refractivity (Wildman–Crippen MR) is 104 cm³/mol. The van der Waals surface area contributed by atoms with Gasteiger partial charge in [0.05, 0.1) is 6.26 Å². The van der Waals surface area contributed by atoms with Crippen LogP contribution in [0, 0.1) is 0 Å². The number of furan rings is 1. The first-order valence-electron chi connectivity index (χ1n) is 9.19. The third-order valence-corrected chi connectivity index (χ3v) is 4.86. The van der Waals surface area contributed by atoms with Crippen molar-refractivity contribution in [3.63, 3.8) is 0 Å². The van der Waals surface area contributed by atoms with Crippen molar-refractivity contribution in [1.29, 1.82) is 0 Å². The van der Waals surface area contributed by atoms with E-state index in [-0.39, 0.29) is 17.7 Å². The van der Waals surface area contributed by atoms with Gasteiger partial charge in [-0.1, -0.05) is 11.6 Å². The second-order valence-electron chi connectivity index (χ2n) is 6.52. The predicted octanol–water partition coefficient (Wildman–Crippen LogP) is 2.43. The lowest BCUT2D eigenvalue weighted by Crippen LogP contribution is -2.50. The molecule has 8 heteroatoms. The lowest BCUT2D eigenvalue weighted by molar-refractivity contribution is -0.132. The average Bonchev–Trinajstić information content (AvgIpc) is 3.26. The number of halogens is 1. The highest BCUT2D eigenvalue weighted by molar-refractivity contribution is 6.30. The molecule has 0 saturated carbocycles. The van der Waals surface area contributed by atoms with Crippen LogP contribution < -0.4 is 5.32 Å². The van der Waals surface area contributed by atoms with E-state index in [1.54, 1.807) is 46.2 Å². The van der Waals surface area contributed by atoms with Gasteiger partial charge in [-0.15, -0.1) is 0 Å². The fourth-order valence-corrected chi connectivity index (χ4v) is 3.14. The van der Waals surface area contributed by atoms with Crippen LogP contribution in [0.2, 0.25) is 5.02 Å². The largest absolute Gasteiger partial charge is 0.459 e. The molecule has 0 radical (unpaired) electrons. The van der Waals surface area contributed by atoms with Gasteiger partial charge in [0.15, 0.2) is 5.76 Å². The van der Waals surface area contributed by atoms with Gasteiger partial charge in [0.2, 0.25) is 5.91 Å². The first-order valence-corrected chi connectivity index (χ1v) is 9.57. The van der Waals surface area contributed by atoms with Crippen LogP contribution in [-0.4, -0.2) is 60.2 Å². The van der Waals surface area contributed by atoms with Gasteiger partial charge in [-0.25, -0.2) is 0 Å². The molecule has 1 aliphatic rings. The first-order chi connectivity index (χ1) is 13.5. The Kier molecular flexibility index (Phi) is 6.71. The Morgan fingerprint density at radius 2 is 1.68 bits per heavy atom. The molecule has 3 rings (SSSR count). The summed E-state index contributed by atoms with van der Waals surface area (Å²) in [5, 5.41) is 3.38. The molecule has 1 saturated heterocycles. The Balaban J connectivity index is 1.35. The minimum Gasteiger partial charge on any atom is -0.459 e. The van der Waals surface area contributed by atoms with Gasteiger partial charge in [-0.3, -0.25) is 14.4 Å². The Hall–Kier alpha value is -2.80. The van der Waals surface area contributed by atoms with Crippen molar-refractivity contribution >= 4 is 29.3 Å². The number of hydrogen-bond donors (Lipinski definition) is 1. The lowest BCUT2D eigenvalue weighted by atomic mass is 10.2. The normalized spacial score (nSPS) is 14.0. The molecule has 0 bridgehead atoms. The van der Waals surface area contributed by atoms with Gasteiger partial charge in [0.1, 0.15) is 0 Å². The maximum atomic E-state index is 12.3. The van der Waals surface area contributed by atoms with Crippen LogP contribution in [0.1, 0.15) is 33.8 Å². The molecule has 2 aromatic rings. The minimum atomic E-state index is -0.186. The summed E-state index contributed by atoms with van der Waals surface area (Å²) in [5.74, 6) is 0.0122. The second kappa shape index (κ2) is 9.41. The van der Waals surface area contributed by atoms with E-state index in [2.05, 4.69) is 5.32 Å². The van der Waals surface area contributed by atoms with E-state index in [0.29, 0.717) is 61.9 Å². The van der Waals surface area contributed by atoms with Crippen molar-refractivity contribution in [2.24, 2.45) is 0 Å². The zero-order valence-electron chi connectivity index (χ0n) is 15.4. The molecule has 7 nitrogen and oxygen atoms in total. The van der Waals surface area contributed by atoms with Crippen molar-refractivity contribution in [3.05, 3.63) is 59.0 Å². The van der Waals surface area contributed by atoms with Gasteiger partial charge in [0, 0.05) is 49.7 Å². The van der Waals surface area contributed by atoms with Crippen LogP contribution in [0.25, 0.3) is 0 Å². The molecule has 1 aliphatic heterocycles. The third-order valence-electron chi connectivity index (χ3n) is 4.61. The number of nitrogens with zero attached hydrogens (tertiary/aromatic N) is 2. The number of carbonyl (C=O) groups is 3. The Bertz CT molecular complexity index is 812. The summed E-state index contributed by atoms with van der Waals surface area (Å²) in [5.41, 5.74) is 0.535. The molecule has 0 spiro atoms. The van der Waals surface area contributed by atoms with Gasteiger partial charge in [-0.05, 0) is 42.8 Å². The van der Waals surface area contributed by atoms with Crippen LogP contribution in [0.15, 0.2) is 47.1 Å². The quantitative estimate of drug-likeness (QED) is 0.751. The number of rotatable bonds is 6. The van der Waals surface area contributed by atoms with E-state index in [1.165, 1.54) is 6.26 Å². The number of carbonyl (C=O) groups excluding carboxylic acids is 3. The number of hydrogen-bond acceptors (Lipinski definition) is 4. The fourth-order valence-electron chi connectivity index (χ4n) is 3.02. The van der Waals surface area contributed by atoms with Crippen molar-refractivity contribution in [3.8, 4) is 0 Å². The van der Waals surface area contributed by atoms with Crippen LogP contribution in [0.4, 0.5) is 0 Å². The number of piperazine rings is 1. The standard InChI is InChI=1S/C20H22ClN3O4/c21-16-7-5-15(6-8-16)19(26)22-9-1-4-18(25)23-10-12-24(13-11-23)20(27)17-3-2-14-28-17/h2-3,5-8,14H,1,4,9-13H2,(H,22,26). The summed E-state index contributed by atoms with van der Waals surface area (Å²) in [6, 6.07) is 9.96. The maximum absolute atomic E-state index is 12.3. The summed E-state index contributed by atoms with van der Waals surface area (Å²) in [6.07, 6.45) is 2.38. The number of amides is 3. The molecular weight excluding hydrogens is 382 g/mol. The Morgan fingerprint density at radius 3 is 2.32 bits per heavy atom. The molecule has 28 heavy (non-hydrogen) atoms. The molecule has 3 amide bonds. The van der Waals surface area contributed by atoms with Crippen LogP contribution in [0.3, 0.4) is 0 Å². The smallest absolute Gasteiger partial charge is 0.289 e. The lowest BCUT2D eigenvalue weighted by Gasteiger charge is -2.34. The molecule has 0 aliphatic carbocycles. The fraction of sp³-hybridized carbons (Fsp3) is 0.350. The summed E-state index contributed by atoms with van der Waals surface area (Å²) >= 11 is 5.80. The summed E-state index contributed by atoms with van der Waals surface area (Å²) in [6.45, 7) is 2.39. The SMILES string of the molecule is O=C(NCCCC(=O)N1CCN(C(=O)c2ccco2)CC1)c1ccc(Cl)cc1. The number of benzene rings is 1. The van der Waals surface area contributed by atoms with Gasteiger partial charge in [-0.2, -0.15) is 0 Å². The molecule has 1 aromatic carbocycles. The first kappa shape index (κ1) is 19.9. The molecule has 1 aromatic heterocycles. The van der Waals surface area contributed by atoms with Crippen molar-refractivity contribution in [2.45, 2.75) is 12.8 Å². The van der Waals surface area contributed by atoms with Crippen molar-refractivity contribution in [1.82, 2.24) is 15.1 Å². The van der Waals surface area contributed by atoms with Crippen LogP contribution in [-0.2, 0) is 4.79 Å². The minimum absolute atomic E-state index is 0.0332.